The van der Waals surface area contributed by atoms with Gasteiger partial charge in [0.15, 0.2) is 0 Å². The van der Waals surface area contributed by atoms with E-state index in [2.05, 4.69) is 15.0 Å². The second-order valence-corrected chi connectivity index (χ2v) is 9.54. The molecule has 0 saturated carbocycles. The van der Waals surface area contributed by atoms with E-state index in [0.29, 0.717) is 43.4 Å². The van der Waals surface area contributed by atoms with Crippen molar-refractivity contribution in [3.8, 4) is 5.75 Å². The maximum absolute atomic E-state index is 12.9. The Morgan fingerprint density at radius 3 is 2.73 bits per heavy atom. The molecule has 1 heterocycles. The summed E-state index contributed by atoms with van der Waals surface area (Å²) in [6.07, 6.45) is 3.50. The molecule has 1 amide bonds. The number of halogens is 1. The molecule has 0 aromatic heterocycles. The number of nitrogens with zero attached hydrogens (tertiary/aromatic N) is 2. The molecule has 0 fully saturated rings. The Morgan fingerprint density at radius 2 is 1.94 bits per heavy atom. The van der Waals surface area contributed by atoms with Crippen LogP contribution in [-0.2, 0) is 14.8 Å². The third kappa shape index (κ3) is 8.14. The van der Waals surface area contributed by atoms with Gasteiger partial charge >= 0.3 is 0 Å². The molecule has 2 aromatic rings. The van der Waals surface area contributed by atoms with E-state index in [4.69, 9.17) is 4.74 Å². The Balaban J connectivity index is 1.49. The van der Waals surface area contributed by atoms with Crippen molar-refractivity contribution in [2.45, 2.75) is 30.6 Å². The smallest absolute Gasteiger partial charge is 0.262 e. The number of ether oxygens (including phenoxy) is 1. The quantitative estimate of drug-likeness (QED) is 0.580. The number of hydrogen-bond donors (Lipinski definition) is 2. The van der Waals surface area contributed by atoms with E-state index in [-0.39, 0.29) is 23.2 Å². The number of carbonyl (C=O) groups is 1. The summed E-state index contributed by atoms with van der Waals surface area (Å²) >= 11 is 0. The molecule has 0 aliphatic carbocycles. The van der Waals surface area contributed by atoms with Gasteiger partial charge in [0.05, 0.1) is 11.4 Å². The van der Waals surface area contributed by atoms with Crippen LogP contribution in [0, 0.1) is 5.82 Å². The van der Waals surface area contributed by atoms with Crippen molar-refractivity contribution in [1.82, 2.24) is 9.62 Å². The molecule has 178 valence electrons. The molecule has 1 aliphatic heterocycles. The van der Waals surface area contributed by atoms with Gasteiger partial charge in [-0.2, -0.15) is 0 Å². The van der Waals surface area contributed by atoms with Gasteiger partial charge in [-0.25, -0.2) is 12.8 Å². The predicted molar refractivity (Wildman–Crippen MR) is 126 cm³/mol. The van der Waals surface area contributed by atoms with E-state index in [0.717, 1.165) is 19.3 Å². The number of hydrogen-bond acceptors (Lipinski definition) is 6. The molecule has 0 spiro atoms. The van der Waals surface area contributed by atoms with Crippen molar-refractivity contribution in [1.29, 1.82) is 0 Å². The van der Waals surface area contributed by atoms with Crippen LogP contribution < -0.4 is 14.8 Å². The lowest BCUT2D eigenvalue weighted by Gasteiger charge is -2.17. The lowest BCUT2D eigenvalue weighted by Crippen LogP contribution is -2.33. The van der Waals surface area contributed by atoms with E-state index in [1.165, 1.54) is 24.3 Å². The van der Waals surface area contributed by atoms with E-state index in [1.807, 2.05) is 0 Å². The number of aliphatic imine (C=N–C) groups is 1. The predicted octanol–water partition coefficient (Wildman–Crippen LogP) is 3.03. The van der Waals surface area contributed by atoms with Crippen LogP contribution in [0.4, 0.5) is 10.1 Å². The second kappa shape index (κ2) is 11.8. The van der Waals surface area contributed by atoms with Crippen molar-refractivity contribution in [2.75, 3.05) is 38.6 Å². The summed E-state index contributed by atoms with van der Waals surface area (Å²) in [6, 6.07) is 11.8. The Kier molecular flexibility index (Phi) is 8.79. The summed E-state index contributed by atoms with van der Waals surface area (Å²) in [5.74, 6) is 0.416. The molecule has 8 nitrogen and oxygen atoms in total. The highest BCUT2D eigenvalue weighted by molar-refractivity contribution is 7.90. The number of sulfonamides is 1. The minimum Gasteiger partial charge on any atom is -0.492 e. The fraction of sp³-hybridized carbons (Fsp3) is 0.391. The summed E-state index contributed by atoms with van der Waals surface area (Å²) in [5, 5.41) is 2.73. The molecule has 1 aliphatic rings. The molecular weight excluding hydrogens is 447 g/mol. The van der Waals surface area contributed by atoms with Crippen LogP contribution in [0.1, 0.15) is 25.7 Å². The average Bonchev–Trinajstić information content (AvgIpc) is 3.03. The number of carbonyl (C=O) groups excluding carboxylic acids is 1. The molecule has 0 bridgehead atoms. The minimum absolute atomic E-state index is 0.0632. The maximum Gasteiger partial charge on any atom is 0.262 e. The van der Waals surface area contributed by atoms with Gasteiger partial charge in [0.2, 0.25) is 5.91 Å². The fourth-order valence-electron chi connectivity index (χ4n) is 3.29. The van der Waals surface area contributed by atoms with Gasteiger partial charge in [0.25, 0.3) is 10.0 Å². The topological polar surface area (TPSA) is 100 Å². The first-order valence-electron chi connectivity index (χ1n) is 10.8. The van der Waals surface area contributed by atoms with Gasteiger partial charge in [-0.3, -0.25) is 19.4 Å². The Hall–Kier alpha value is -2.98. The van der Waals surface area contributed by atoms with Crippen molar-refractivity contribution in [2.24, 2.45) is 4.99 Å². The number of amides is 1. The molecule has 0 radical (unpaired) electrons. The SMILES string of the molecule is CN(CCOc1ccc(F)cc1)CC(=O)Nc1cccc(S(=O)(=O)NC2=NCCCCC2)c1. The third-order valence-corrected chi connectivity index (χ3v) is 6.40. The average molecular weight is 477 g/mol. The first-order chi connectivity index (χ1) is 15.8. The van der Waals surface area contributed by atoms with Crippen LogP contribution in [0.5, 0.6) is 5.75 Å². The molecule has 10 heteroatoms. The molecular formula is C23H29FN4O4S. The Bertz CT molecular complexity index is 1070. The third-order valence-electron chi connectivity index (χ3n) is 5.02. The zero-order valence-electron chi connectivity index (χ0n) is 18.6. The zero-order chi connectivity index (χ0) is 23.7. The second-order valence-electron chi connectivity index (χ2n) is 7.86. The van der Waals surface area contributed by atoms with Gasteiger partial charge in [-0.15, -0.1) is 0 Å². The molecule has 0 saturated heterocycles. The lowest BCUT2D eigenvalue weighted by atomic mass is 10.2. The molecule has 0 atom stereocenters. The summed E-state index contributed by atoms with van der Waals surface area (Å²) in [7, 11) is -2.01. The molecule has 2 N–H and O–H groups in total. The normalized spacial score (nSPS) is 14.3. The first-order valence-corrected chi connectivity index (χ1v) is 12.3. The van der Waals surface area contributed by atoms with Gasteiger partial charge < -0.3 is 10.1 Å². The molecule has 33 heavy (non-hydrogen) atoms. The van der Waals surface area contributed by atoms with E-state index in [9.17, 15) is 17.6 Å². The highest BCUT2D eigenvalue weighted by Crippen LogP contribution is 2.17. The van der Waals surface area contributed by atoms with Crippen molar-refractivity contribution in [3.05, 3.63) is 54.3 Å². The van der Waals surface area contributed by atoms with E-state index in [1.54, 1.807) is 36.2 Å². The van der Waals surface area contributed by atoms with Crippen molar-refractivity contribution >= 4 is 27.5 Å². The molecule has 2 aromatic carbocycles. The Morgan fingerprint density at radius 1 is 1.15 bits per heavy atom. The van der Waals surface area contributed by atoms with Crippen molar-refractivity contribution < 1.29 is 22.3 Å². The standard InChI is InChI=1S/C23H29FN4O4S/c1-28(14-15-32-20-11-9-18(24)10-12-20)17-23(29)26-19-6-5-7-21(16-19)33(30,31)27-22-8-3-2-4-13-25-22/h5-7,9-12,16H,2-4,8,13-15,17H2,1H3,(H,25,27)(H,26,29). The van der Waals surface area contributed by atoms with Crippen LogP contribution in [-0.4, -0.2) is 58.3 Å². The number of anilines is 1. The maximum atomic E-state index is 12.9. The monoisotopic (exact) mass is 476 g/mol. The summed E-state index contributed by atoms with van der Waals surface area (Å²) in [6.45, 7) is 1.53. The van der Waals surface area contributed by atoms with Gasteiger partial charge in [-0.1, -0.05) is 12.5 Å². The lowest BCUT2D eigenvalue weighted by molar-refractivity contribution is -0.117. The first kappa shape index (κ1) is 24.7. The Labute approximate surface area is 193 Å². The summed E-state index contributed by atoms with van der Waals surface area (Å²) < 4.78 is 46.5. The van der Waals surface area contributed by atoms with Crippen LogP contribution in [0.25, 0.3) is 0 Å². The largest absolute Gasteiger partial charge is 0.492 e. The van der Waals surface area contributed by atoms with Crippen molar-refractivity contribution in [3.63, 3.8) is 0 Å². The highest BCUT2D eigenvalue weighted by Gasteiger charge is 2.18. The van der Waals surface area contributed by atoms with Gasteiger partial charge in [0, 0.05) is 25.2 Å². The van der Waals surface area contributed by atoms with E-state index >= 15 is 0 Å². The number of amidine groups is 1. The molecule has 3 rings (SSSR count). The van der Waals surface area contributed by atoms with Crippen LogP contribution in [0.3, 0.4) is 0 Å². The van der Waals surface area contributed by atoms with Gasteiger partial charge in [-0.05, 0) is 62.4 Å². The van der Waals surface area contributed by atoms with Crippen LogP contribution in [0.2, 0.25) is 0 Å². The van der Waals surface area contributed by atoms with Crippen LogP contribution >= 0.6 is 0 Å². The highest BCUT2D eigenvalue weighted by atomic mass is 32.2. The number of rotatable bonds is 9. The minimum atomic E-state index is -3.78. The van der Waals surface area contributed by atoms with Crippen LogP contribution in [0.15, 0.2) is 58.4 Å². The number of nitrogens with one attached hydrogen (secondary N) is 2. The summed E-state index contributed by atoms with van der Waals surface area (Å²) in [5.41, 5.74) is 0.390. The fourth-order valence-corrected chi connectivity index (χ4v) is 4.42. The zero-order valence-corrected chi connectivity index (χ0v) is 19.4. The van der Waals surface area contributed by atoms with E-state index < -0.39 is 10.0 Å². The molecule has 0 unspecified atom stereocenters. The van der Waals surface area contributed by atoms with Gasteiger partial charge in [0.1, 0.15) is 24.0 Å². The number of likely N-dealkylation sites (N-methyl/N-ethyl adjacent to an activating group) is 1. The number of benzene rings is 2. The summed E-state index contributed by atoms with van der Waals surface area (Å²) in [4.78, 5) is 18.5.